The molecule has 2 heteroatoms. The van der Waals surface area contributed by atoms with Crippen molar-refractivity contribution in [3.05, 3.63) is 35.9 Å². The number of aliphatic hydroxyl groups is 1. The lowest BCUT2D eigenvalue weighted by Crippen LogP contribution is -2.06. The molecular weight excluding hydrogens is 272 g/mol. The van der Waals surface area contributed by atoms with Crippen LogP contribution in [0.3, 0.4) is 0 Å². The Bertz CT molecular complexity index is 337. The number of aliphatic hydroxyl groups excluding tert-OH is 1. The van der Waals surface area contributed by atoms with Gasteiger partial charge in [-0.25, -0.2) is 0 Å². The summed E-state index contributed by atoms with van der Waals surface area (Å²) in [6, 6.07) is 10.3. The van der Waals surface area contributed by atoms with E-state index >= 15 is 0 Å². The van der Waals surface area contributed by atoms with Crippen LogP contribution in [0, 0.1) is 0 Å². The maximum Gasteiger partial charge on any atom is 0.0716 e. The Balaban J connectivity index is 1.84. The maximum absolute atomic E-state index is 9.93. The number of unbranched alkanes of at least 4 members (excludes halogenated alkanes) is 6. The standard InChI is InChI=1S/C20H34O2/c1-2-3-4-5-10-15-20(21)16-11-7-12-17-22-18-19-13-8-6-9-14-19/h6,8-9,13-14,20-21H,2-5,7,10-12,15-18H2,1H3. The van der Waals surface area contributed by atoms with Crippen molar-refractivity contribution in [1.29, 1.82) is 0 Å². The Morgan fingerprint density at radius 2 is 1.50 bits per heavy atom. The summed E-state index contributed by atoms with van der Waals surface area (Å²) < 4.78 is 5.67. The normalized spacial score (nSPS) is 12.5. The third-order valence-corrected chi connectivity index (χ3v) is 4.08. The van der Waals surface area contributed by atoms with Crippen LogP contribution in [0.25, 0.3) is 0 Å². The number of benzene rings is 1. The molecule has 1 N–H and O–H groups in total. The van der Waals surface area contributed by atoms with Crippen molar-refractivity contribution in [2.24, 2.45) is 0 Å². The van der Waals surface area contributed by atoms with Crippen LogP contribution in [-0.2, 0) is 11.3 Å². The molecule has 0 amide bonds. The van der Waals surface area contributed by atoms with Crippen molar-refractivity contribution in [3.63, 3.8) is 0 Å². The second-order valence-corrected chi connectivity index (χ2v) is 6.24. The van der Waals surface area contributed by atoms with Crippen molar-refractivity contribution >= 4 is 0 Å². The van der Waals surface area contributed by atoms with Gasteiger partial charge in [-0.1, -0.05) is 82.2 Å². The molecule has 0 saturated heterocycles. The van der Waals surface area contributed by atoms with Crippen LogP contribution in [-0.4, -0.2) is 17.8 Å². The monoisotopic (exact) mass is 306 g/mol. The minimum Gasteiger partial charge on any atom is -0.393 e. The van der Waals surface area contributed by atoms with Crippen LogP contribution in [0.1, 0.15) is 76.7 Å². The number of ether oxygens (including phenoxy) is 1. The zero-order valence-electron chi connectivity index (χ0n) is 14.3. The lowest BCUT2D eigenvalue weighted by Gasteiger charge is -2.10. The van der Waals surface area contributed by atoms with Crippen LogP contribution in [0.2, 0.25) is 0 Å². The molecule has 2 nitrogen and oxygen atoms in total. The fourth-order valence-electron chi connectivity index (χ4n) is 2.65. The summed E-state index contributed by atoms with van der Waals surface area (Å²) in [4.78, 5) is 0. The summed E-state index contributed by atoms with van der Waals surface area (Å²) in [5, 5.41) is 9.93. The Morgan fingerprint density at radius 1 is 0.864 bits per heavy atom. The topological polar surface area (TPSA) is 29.5 Å². The predicted molar refractivity (Wildman–Crippen MR) is 93.9 cm³/mol. The summed E-state index contributed by atoms with van der Waals surface area (Å²) in [6.07, 6.45) is 11.6. The summed E-state index contributed by atoms with van der Waals surface area (Å²) in [6.45, 7) is 3.77. The summed E-state index contributed by atoms with van der Waals surface area (Å²) >= 11 is 0. The smallest absolute Gasteiger partial charge is 0.0716 e. The SMILES string of the molecule is CCCCCCCC(O)CCCCCOCc1ccccc1. The van der Waals surface area contributed by atoms with Crippen molar-refractivity contribution < 1.29 is 9.84 Å². The van der Waals surface area contributed by atoms with E-state index in [1.165, 1.54) is 37.7 Å². The zero-order valence-corrected chi connectivity index (χ0v) is 14.3. The number of rotatable bonds is 14. The van der Waals surface area contributed by atoms with Crippen molar-refractivity contribution in [1.82, 2.24) is 0 Å². The lowest BCUT2D eigenvalue weighted by atomic mass is 10.0. The molecule has 0 spiro atoms. The van der Waals surface area contributed by atoms with Crippen molar-refractivity contribution in [3.8, 4) is 0 Å². The van der Waals surface area contributed by atoms with Gasteiger partial charge >= 0.3 is 0 Å². The molecule has 0 bridgehead atoms. The number of hydrogen-bond donors (Lipinski definition) is 1. The molecule has 0 aliphatic rings. The third-order valence-electron chi connectivity index (χ3n) is 4.08. The predicted octanol–water partition coefficient (Wildman–Crippen LogP) is 5.49. The van der Waals surface area contributed by atoms with Crippen LogP contribution in [0.15, 0.2) is 30.3 Å². The highest BCUT2D eigenvalue weighted by Gasteiger charge is 2.03. The average Bonchev–Trinajstić information content (AvgIpc) is 2.55. The Morgan fingerprint density at radius 3 is 2.18 bits per heavy atom. The van der Waals surface area contributed by atoms with E-state index in [1.807, 2.05) is 18.2 Å². The molecule has 0 aromatic heterocycles. The fraction of sp³-hybridized carbons (Fsp3) is 0.700. The van der Waals surface area contributed by atoms with E-state index in [0.29, 0.717) is 6.61 Å². The molecule has 22 heavy (non-hydrogen) atoms. The third kappa shape index (κ3) is 10.8. The van der Waals surface area contributed by atoms with E-state index < -0.39 is 0 Å². The van der Waals surface area contributed by atoms with E-state index in [2.05, 4.69) is 19.1 Å². The van der Waals surface area contributed by atoms with Crippen LogP contribution < -0.4 is 0 Å². The van der Waals surface area contributed by atoms with Crippen molar-refractivity contribution in [2.75, 3.05) is 6.61 Å². The molecule has 0 fully saturated rings. The molecule has 0 radical (unpaired) electrons. The summed E-state index contributed by atoms with van der Waals surface area (Å²) in [7, 11) is 0. The maximum atomic E-state index is 9.93. The minimum atomic E-state index is -0.0909. The van der Waals surface area contributed by atoms with Gasteiger partial charge in [0.25, 0.3) is 0 Å². The lowest BCUT2D eigenvalue weighted by molar-refractivity contribution is 0.113. The number of hydrogen-bond acceptors (Lipinski definition) is 2. The average molecular weight is 306 g/mol. The van der Waals surface area contributed by atoms with Gasteiger partial charge in [-0.2, -0.15) is 0 Å². The largest absolute Gasteiger partial charge is 0.393 e. The van der Waals surface area contributed by atoms with Crippen LogP contribution in [0.4, 0.5) is 0 Å². The molecule has 1 aromatic rings. The molecule has 0 aliphatic heterocycles. The van der Waals surface area contributed by atoms with E-state index in [4.69, 9.17) is 4.74 Å². The second-order valence-electron chi connectivity index (χ2n) is 6.24. The summed E-state index contributed by atoms with van der Waals surface area (Å²) in [5.41, 5.74) is 1.24. The van der Waals surface area contributed by atoms with Crippen LogP contribution in [0.5, 0.6) is 0 Å². The van der Waals surface area contributed by atoms with E-state index in [9.17, 15) is 5.11 Å². The van der Waals surface area contributed by atoms with Gasteiger partial charge in [0, 0.05) is 6.61 Å². The van der Waals surface area contributed by atoms with Gasteiger partial charge in [0.05, 0.1) is 12.7 Å². The fourth-order valence-corrected chi connectivity index (χ4v) is 2.65. The van der Waals surface area contributed by atoms with E-state index in [0.717, 1.165) is 38.7 Å². The van der Waals surface area contributed by atoms with Crippen molar-refractivity contribution in [2.45, 2.75) is 83.8 Å². The second kappa shape index (κ2) is 13.8. The van der Waals surface area contributed by atoms with Gasteiger partial charge < -0.3 is 9.84 Å². The van der Waals surface area contributed by atoms with Gasteiger partial charge in [0.1, 0.15) is 0 Å². The van der Waals surface area contributed by atoms with Gasteiger partial charge in [-0.05, 0) is 24.8 Å². The first-order valence-electron chi connectivity index (χ1n) is 9.12. The first kappa shape index (κ1) is 19.2. The van der Waals surface area contributed by atoms with Gasteiger partial charge in [-0.3, -0.25) is 0 Å². The van der Waals surface area contributed by atoms with Gasteiger partial charge in [-0.15, -0.1) is 0 Å². The Kier molecular flexibility index (Phi) is 12.0. The minimum absolute atomic E-state index is 0.0909. The molecule has 1 aromatic carbocycles. The molecule has 1 rings (SSSR count). The first-order chi connectivity index (χ1) is 10.8. The van der Waals surface area contributed by atoms with Crippen LogP contribution >= 0.6 is 0 Å². The molecule has 0 aliphatic carbocycles. The van der Waals surface area contributed by atoms with Gasteiger partial charge in [0.15, 0.2) is 0 Å². The molecule has 0 heterocycles. The summed E-state index contributed by atoms with van der Waals surface area (Å²) in [5.74, 6) is 0. The molecule has 126 valence electrons. The van der Waals surface area contributed by atoms with E-state index in [-0.39, 0.29) is 6.10 Å². The molecular formula is C20H34O2. The Labute approximate surface area is 136 Å². The Hall–Kier alpha value is -0.860. The molecule has 0 saturated carbocycles. The highest BCUT2D eigenvalue weighted by molar-refractivity contribution is 5.13. The first-order valence-corrected chi connectivity index (χ1v) is 9.12. The highest BCUT2D eigenvalue weighted by atomic mass is 16.5. The zero-order chi connectivity index (χ0) is 15.9. The van der Waals surface area contributed by atoms with Gasteiger partial charge in [0.2, 0.25) is 0 Å². The quantitative estimate of drug-likeness (QED) is 0.461. The van der Waals surface area contributed by atoms with E-state index in [1.54, 1.807) is 0 Å². The molecule has 1 atom stereocenters. The highest BCUT2D eigenvalue weighted by Crippen LogP contribution is 2.12. The molecule has 1 unspecified atom stereocenters.